The van der Waals surface area contributed by atoms with Gasteiger partial charge in [-0.05, 0) is 37.0 Å². The van der Waals surface area contributed by atoms with E-state index in [0.717, 1.165) is 42.2 Å². The molecule has 1 aliphatic carbocycles. The van der Waals surface area contributed by atoms with E-state index in [0.29, 0.717) is 19.5 Å². The lowest BCUT2D eigenvalue weighted by Gasteiger charge is -2.38. The molecule has 5 heteroatoms. The molecule has 1 spiro atoms. The van der Waals surface area contributed by atoms with Gasteiger partial charge >= 0.3 is 0 Å². The molecule has 1 saturated heterocycles. The molecule has 0 bridgehead atoms. The van der Waals surface area contributed by atoms with Gasteiger partial charge in [0.1, 0.15) is 17.8 Å². The second-order valence-corrected chi connectivity index (χ2v) is 7.15. The quantitative estimate of drug-likeness (QED) is 0.841. The molecule has 1 N–H and O–H groups in total. The standard InChI is InChI=1S/C20H24FN3O/c1-22-19-20(7-4-8-20)16-12-18(25-2)14(11-17(16)23-19)5-3-9-24-10-6-15(21)13-24/h11-12,15H,4,6-10,13H2,1-2H3,(H,22,23). The van der Waals surface area contributed by atoms with Crippen molar-refractivity contribution >= 4 is 11.5 Å². The second kappa shape index (κ2) is 6.34. The van der Waals surface area contributed by atoms with Crippen molar-refractivity contribution in [3.8, 4) is 17.6 Å². The van der Waals surface area contributed by atoms with Gasteiger partial charge in [-0.15, -0.1) is 0 Å². The van der Waals surface area contributed by atoms with Crippen molar-refractivity contribution in [3.05, 3.63) is 23.3 Å². The van der Waals surface area contributed by atoms with E-state index < -0.39 is 6.17 Å². The molecule has 1 unspecified atom stereocenters. The van der Waals surface area contributed by atoms with Crippen LogP contribution in [0.1, 0.15) is 36.8 Å². The Labute approximate surface area is 148 Å². The van der Waals surface area contributed by atoms with Gasteiger partial charge in [0.05, 0.1) is 24.6 Å². The third-order valence-electron chi connectivity index (χ3n) is 5.73. The van der Waals surface area contributed by atoms with Crippen LogP contribution in [0.2, 0.25) is 0 Å². The lowest BCUT2D eigenvalue weighted by atomic mass is 9.65. The number of nitrogens with one attached hydrogen (secondary N) is 1. The van der Waals surface area contributed by atoms with Crippen LogP contribution >= 0.6 is 0 Å². The normalized spacial score (nSPS) is 25.2. The smallest absolute Gasteiger partial charge is 0.134 e. The van der Waals surface area contributed by atoms with Crippen LogP contribution in [0.4, 0.5) is 10.1 Å². The zero-order valence-electron chi connectivity index (χ0n) is 14.9. The number of benzene rings is 1. The van der Waals surface area contributed by atoms with E-state index in [1.165, 1.54) is 12.0 Å². The highest BCUT2D eigenvalue weighted by Gasteiger charge is 2.49. The summed E-state index contributed by atoms with van der Waals surface area (Å²) in [7, 11) is 3.53. The van der Waals surface area contributed by atoms with Crippen LogP contribution in [-0.2, 0) is 5.41 Å². The van der Waals surface area contributed by atoms with E-state index in [4.69, 9.17) is 4.74 Å². The lowest BCUT2D eigenvalue weighted by Crippen LogP contribution is -2.41. The van der Waals surface area contributed by atoms with Crippen molar-refractivity contribution in [2.75, 3.05) is 39.1 Å². The van der Waals surface area contributed by atoms with Crippen LogP contribution in [0.25, 0.3) is 0 Å². The topological polar surface area (TPSA) is 36.9 Å². The monoisotopic (exact) mass is 341 g/mol. The van der Waals surface area contributed by atoms with Gasteiger partial charge < -0.3 is 10.1 Å². The number of hydrogen-bond acceptors (Lipinski definition) is 3. The summed E-state index contributed by atoms with van der Waals surface area (Å²) < 4.78 is 18.8. The van der Waals surface area contributed by atoms with Crippen LogP contribution in [-0.4, -0.2) is 50.7 Å². The minimum Gasteiger partial charge on any atom is -0.495 e. The number of hydrogen-bond donors (Lipinski definition) is 1. The summed E-state index contributed by atoms with van der Waals surface area (Å²) in [5.41, 5.74) is 3.29. The first-order valence-corrected chi connectivity index (χ1v) is 8.98. The van der Waals surface area contributed by atoms with Gasteiger partial charge in [-0.1, -0.05) is 18.3 Å². The van der Waals surface area contributed by atoms with E-state index in [2.05, 4.69) is 39.2 Å². The van der Waals surface area contributed by atoms with Crippen molar-refractivity contribution in [2.24, 2.45) is 4.99 Å². The summed E-state index contributed by atoms with van der Waals surface area (Å²) in [4.78, 5) is 6.53. The maximum atomic E-state index is 13.2. The molecule has 3 aliphatic rings. The molecule has 0 radical (unpaired) electrons. The first-order chi connectivity index (χ1) is 12.2. The number of aliphatic imine (C=N–C) groups is 1. The van der Waals surface area contributed by atoms with Crippen molar-refractivity contribution in [2.45, 2.75) is 37.3 Å². The van der Waals surface area contributed by atoms with Crippen LogP contribution < -0.4 is 10.1 Å². The summed E-state index contributed by atoms with van der Waals surface area (Å²) in [5.74, 6) is 8.26. The Morgan fingerprint density at radius 1 is 1.44 bits per heavy atom. The SMILES string of the molecule is CN=C1Nc2cc(C#CCN3CCC(F)C3)c(OC)cc2C12CCC2. The van der Waals surface area contributed by atoms with E-state index >= 15 is 0 Å². The van der Waals surface area contributed by atoms with E-state index in [1.807, 2.05) is 7.05 Å². The fraction of sp³-hybridized carbons (Fsp3) is 0.550. The predicted octanol–water partition coefficient (Wildman–Crippen LogP) is 2.97. The fourth-order valence-corrected chi connectivity index (χ4v) is 4.20. The molecule has 4 nitrogen and oxygen atoms in total. The first-order valence-electron chi connectivity index (χ1n) is 8.98. The Morgan fingerprint density at radius 3 is 2.88 bits per heavy atom. The number of rotatable bonds is 2. The zero-order chi connectivity index (χ0) is 17.4. The van der Waals surface area contributed by atoms with Crippen LogP contribution in [0.15, 0.2) is 17.1 Å². The number of halogens is 1. The van der Waals surface area contributed by atoms with Gasteiger partial charge in [0.25, 0.3) is 0 Å². The molecule has 1 aromatic carbocycles. The fourth-order valence-electron chi connectivity index (χ4n) is 4.20. The summed E-state index contributed by atoms with van der Waals surface area (Å²) in [5, 5.41) is 3.47. The Balaban J connectivity index is 1.61. The van der Waals surface area contributed by atoms with Gasteiger partial charge in [-0.25, -0.2) is 4.39 Å². The maximum Gasteiger partial charge on any atom is 0.134 e. The summed E-state index contributed by atoms with van der Waals surface area (Å²) in [6.07, 6.45) is 3.41. The molecule has 2 heterocycles. The molecular formula is C20H24FN3O. The van der Waals surface area contributed by atoms with Crippen molar-refractivity contribution in [1.82, 2.24) is 4.90 Å². The van der Waals surface area contributed by atoms with E-state index in [9.17, 15) is 4.39 Å². The number of likely N-dealkylation sites (tertiary alicyclic amines) is 1. The van der Waals surface area contributed by atoms with E-state index in [1.54, 1.807) is 7.11 Å². The van der Waals surface area contributed by atoms with E-state index in [-0.39, 0.29) is 5.41 Å². The number of nitrogens with zero attached hydrogens (tertiary/aromatic N) is 2. The first kappa shape index (κ1) is 16.4. The number of anilines is 1. The molecule has 2 aliphatic heterocycles. The molecule has 0 amide bonds. The van der Waals surface area contributed by atoms with Crippen LogP contribution in [0.5, 0.6) is 5.75 Å². The summed E-state index contributed by atoms with van der Waals surface area (Å²) >= 11 is 0. The minimum atomic E-state index is -0.703. The van der Waals surface area contributed by atoms with Gasteiger partial charge in [0, 0.05) is 25.8 Å². The summed E-state index contributed by atoms with van der Waals surface area (Å²) in [6, 6.07) is 4.19. The third kappa shape index (κ3) is 2.69. The molecular weight excluding hydrogens is 317 g/mol. The molecule has 25 heavy (non-hydrogen) atoms. The second-order valence-electron chi connectivity index (χ2n) is 7.15. The van der Waals surface area contributed by atoms with Crippen molar-refractivity contribution in [1.29, 1.82) is 0 Å². The molecule has 1 atom stereocenters. The lowest BCUT2D eigenvalue weighted by molar-refractivity contribution is 0.308. The molecule has 132 valence electrons. The Hall–Kier alpha value is -2.06. The highest BCUT2D eigenvalue weighted by molar-refractivity contribution is 6.10. The van der Waals surface area contributed by atoms with Crippen molar-refractivity contribution in [3.63, 3.8) is 0 Å². The number of methoxy groups -OCH3 is 1. The van der Waals surface area contributed by atoms with Gasteiger partial charge in [-0.2, -0.15) is 0 Å². The predicted molar refractivity (Wildman–Crippen MR) is 98.3 cm³/mol. The van der Waals surface area contributed by atoms with Crippen molar-refractivity contribution < 1.29 is 9.13 Å². The Bertz CT molecular complexity index is 773. The highest BCUT2D eigenvalue weighted by Crippen LogP contribution is 2.52. The van der Waals surface area contributed by atoms with Gasteiger partial charge in [0.15, 0.2) is 0 Å². The highest BCUT2D eigenvalue weighted by atomic mass is 19.1. The zero-order valence-corrected chi connectivity index (χ0v) is 14.9. The van der Waals surface area contributed by atoms with Crippen LogP contribution in [0, 0.1) is 11.8 Å². The third-order valence-corrected chi connectivity index (χ3v) is 5.73. The minimum absolute atomic E-state index is 0.0506. The molecule has 0 aromatic heterocycles. The number of amidine groups is 1. The average Bonchev–Trinajstić information content (AvgIpc) is 3.13. The molecule has 1 saturated carbocycles. The van der Waals surface area contributed by atoms with Crippen LogP contribution in [0.3, 0.4) is 0 Å². The molecule has 4 rings (SSSR count). The summed E-state index contributed by atoms with van der Waals surface area (Å²) in [6.45, 7) is 1.88. The average molecular weight is 341 g/mol. The Kier molecular flexibility index (Phi) is 4.16. The number of ether oxygens (including phenoxy) is 1. The van der Waals surface area contributed by atoms with Gasteiger partial charge in [0.2, 0.25) is 0 Å². The van der Waals surface area contributed by atoms with Gasteiger partial charge in [-0.3, -0.25) is 9.89 Å². The number of fused-ring (bicyclic) bond motifs is 2. The largest absolute Gasteiger partial charge is 0.495 e. The molecule has 1 aromatic rings. The molecule has 2 fully saturated rings. The maximum absolute atomic E-state index is 13.2. The Morgan fingerprint density at radius 2 is 2.28 bits per heavy atom. The number of alkyl halides is 1.